The number of hydrogen-bond acceptors (Lipinski definition) is 6. The molecule has 37 heavy (non-hydrogen) atoms. The summed E-state index contributed by atoms with van der Waals surface area (Å²) in [6.45, 7) is 4.58. The van der Waals surface area contributed by atoms with E-state index < -0.39 is 0 Å². The number of carbonyl (C=O) groups is 1. The fourth-order valence-corrected chi connectivity index (χ4v) is 4.78. The van der Waals surface area contributed by atoms with E-state index in [1.165, 1.54) is 0 Å². The SMILES string of the molecule is CN1Cc2c(Cl)cc(Cl)cc2C(c2cccc(NC(=O)CCCOCCOCCOCCN=[N+]=[N-])c2)C1. The molecule has 0 saturated carbocycles. The van der Waals surface area contributed by atoms with Gasteiger partial charge in [0.05, 0.1) is 33.0 Å². The van der Waals surface area contributed by atoms with E-state index in [1.807, 2.05) is 24.3 Å². The van der Waals surface area contributed by atoms with Gasteiger partial charge in [-0.2, -0.15) is 0 Å². The zero-order valence-electron chi connectivity index (χ0n) is 21.0. The lowest BCUT2D eigenvalue weighted by atomic mass is 9.84. The molecule has 0 fully saturated rings. The Bertz CT molecular complexity index is 1080. The maximum absolute atomic E-state index is 12.5. The van der Waals surface area contributed by atoms with E-state index in [1.54, 1.807) is 6.07 Å². The first-order valence-electron chi connectivity index (χ1n) is 12.3. The monoisotopic (exact) mass is 549 g/mol. The molecule has 11 heteroatoms. The molecule has 0 radical (unpaired) electrons. The third-order valence-electron chi connectivity index (χ3n) is 5.90. The Balaban J connectivity index is 1.37. The van der Waals surface area contributed by atoms with E-state index in [0.29, 0.717) is 69.1 Å². The van der Waals surface area contributed by atoms with Crippen LogP contribution in [0.4, 0.5) is 5.69 Å². The summed E-state index contributed by atoms with van der Waals surface area (Å²) in [4.78, 5) is 17.4. The van der Waals surface area contributed by atoms with Gasteiger partial charge in [0.15, 0.2) is 0 Å². The smallest absolute Gasteiger partial charge is 0.224 e. The van der Waals surface area contributed by atoms with Gasteiger partial charge in [0.1, 0.15) is 0 Å². The molecule has 0 aliphatic carbocycles. The molecular formula is C26H33Cl2N5O4. The normalized spacial score (nSPS) is 15.2. The van der Waals surface area contributed by atoms with Crippen LogP contribution >= 0.6 is 23.2 Å². The Morgan fingerprint density at radius 3 is 2.59 bits per heavy atom. The predicted molar refractivity (Wildman–Crippen MR) is 145 cm³/mol. The fraction of sp³-hybridized carbons (Fsp3) is 0.500. The highest BCUT2D eigenvalue weighted by Gasteiger charge is 2.27. The molecule has 0 spiro atoms. The van der Waals surface area contributed by atoms with Gasteiger partial charge in [-0.05, 0) is 60.0 Å². The van der Waals surface area contributed by atoms with Crippen molar-refractivity contribution in [2.45, 2.75) is 25.3 Å². The Morgan fingerprint density at radius 1 is 1.11 bits per heavy atom. The molecule has 3 rings (SSSR count). The number of amides is 1. The number of azide groups is 1. The lowest BCUT2D eigenvalue weighted by Crippen LogP contribution is -2.31. The summed E-state index contributed by atoms with van der Waals surface area (Å²) in [7, 11) is 2.08. The Labute approximate surface area is 227 Å². The molecule has 1 atom stereocenters. The van der Waals surface area contributed by atoms with E-state index in [2.05, 4.69) is 33.4 Å². The van der Waals surface area contributed by atoms with Crippen molar-refractivity contribution in [1.29, 1.82) is 0 Å². The summed E-state index contributed by atoms with van der Waals surface area (Å²) in [5, 5.41) is 7.69. The van der Waals surface area contributed by atoms with Crippen molar-refractivity contribution in [1.82, 2.24) is 4.90 Å². The van der Waals surface area contributed by atoms with Crippen LogP contribution in [-0.4, -0.2) is 70.6 Å². The second kappa shape index (κ2) is 15.8. The predicted octanol–water partition coefficient (Wildman–Crippen LogP) is 5.65. The van der Waals surface area contributed by atoms with Crippen LogP contribution in [0.5, 0.6) is 0 Å². The average Bonchev–Trinajstić information content (AvgIpc) is 2.87. The van der Waals surface area contributed by atoms with Crippen molar-refractivity contribution >= 4 is 34.8 Å². The van der Waals surface area contributed by atoms with Crippen LogP contribution in [0.25, 0.3) is 10.4 Å². The molecule has 2 aromatic rings. The Hall–Kier alpha value is -2.36. The summed E-state index contributed by atoms with van der Waals surface area (Å²) in [6, 6.07) is 11.7. The molecule has 1 unspecified atom stereocenters. The van der Waals surface area contributed by atoms with Crippen molar-refractivity contribution in [2.75, 3.05) is 65.1 Å². The molecule has 1 N–H and O–H groups in total. The van der Waals surface area contributed by atoms with Crippen LogP contribution in [0, 0.1) is 0 Å². The minimum atomic E-state index is -0.0536. The maximum Gasteiger partial charge on any atom is 0.224 e. The van der Waals surface area contributed by atoms with Gasteiger partial charge in [-0.3, -0.25) is 4.79 Å². The highest BCUT2D eigenvalue weighted by atomic mass is 35.5. The standard InChI is InChI=1S/C26H33Cl2N5O4/c1-33-17-23(22-15-20(27)16-25(28)24(22)18-33)19-4-2-5-21(14-19)31-26(34)6-3-8-35-10-12-37-13-11-36-9-7-30-32-29/h2,4-5,14-16,23H,3,6-13,17-18H2,1H3,(H,31,34). The fourth-order valence-electron chi connectivity index (χ4n) is 4.21. The summed E-state index contributed by atoms with van der Waals surface area (Å²) in [6.07, 6.45) is 0.982. The quantitative estimate of drug-likeness (QED) is 0.133. The van der Waals surface area contributed by atoms with Crippen LogP contribution < -0.4 is 5.32 Å². The highest BCUT2D eigenvalue weighted by molar-refractivity contribution is 6.35. The minimum absolute atomic E-state index is 0.0536. The minimum Gasteiger partial charge on any atom is -0.379 e. The molecule has 1 aliphatic heterocycles. The number of rotatable bonds is 15. The molecule has 0 bridgehead atoms. The summed E-state index contributed by atoms with van der Waals surface area (Å²) < 4.78 is 16.2. The van der Waals surface area contributed by atoms with E-state index in [9.17, 15) is 4.79 Å². The number of hydrogen-bond donors (Lipinski definition) is 1. The summed E-state index contributed by atoms with van der Waals surface area (Å²) in [5.41, 5.74) is 12.3. The van der Waals surface area contributed by atoms with Crippen LogP contribution in [0.2, 0.25) is 10.0 Å². The number of benzene rings is 2. The lowest BCUT2D eigenvalue weighted by Gasteiger charge is -2.33. The second-order valence-electron chi connectivity index (χ2n) is 8.77. The van der Waals surface area contributed by atoms with E-state index in [4.69, 9.17) is 42.9 Å². The van der Waals surface area contributed by atoms with Gasteiger partial charge in [-0.25, -0.2) is 0 Å². The van der Waals surface area contributed by atoms with Crippen molar-refractivity contribution in [3.63, 3.8) is 0 Å². The van der Waals surface area contributed by atoms with Gasteiger partial charge in [-0.1, -0.05) is 40.4 Å². The van der Waals surface area contributed by atoms with E-state index in [0.717, 1.165) is 35.5 Å². The average molecular weight is 550 g/mol. The van der Waals surface area contributed by atoms with Gasteiger partial charge >= 0.3 is 0 Å². The number of anilines is 1. The van der Waals surface area contributed by atoms with Gasteiger partial charge < -0.3 is 24.4 Å². The number of carbonyl (C=O) groups excluding carboxylic acids is 1. The van der Waals surface area contributed by atoms with Gasteiger partial charge in [-0.15, -0.1) is 0 Å². The number of ether oxygens (including phenoxy) is 3. The topological polar surface area (TPSA) is 109 Å². The second-order valence-corrected chi connectivity index (χ2v) is 9.62. The first-order valence-corrected chi connectivity index (χ1v) is 13.0. The third-order valence-corrected chi connectivity index (χ3v) is 6.46. The third kappa shape index (κ3) is 9.79. The van der Waals surface area contributed by atoms with Crippen LogP contribution in [0.15, 0.2) is 41.5 Å². The zero-order chi connectivity index (χ0) is 26.5. The lowest BCUT2D eigenvalue weighted by molar-refractivity contribution is -0.116. The molecule has 200 valence electrons. The number of likely N-dealkylation sites (N-methyl/N-ethyl adjacent to an activating group) is 1. The Morgan fingerprint density at radius 2 is 1.84 bits per heavy atom. The number of fused-ring (bicyclic) bond motifs is 1. The van der Waals surface area contributed by atoms with Gasteiger partial charge in [0, 0.05) is 59.2 Å². The first-order chi connectivity index (χ1) is 18.0. The maximum atomic E-state index is 12.5. The largest absolute Gasteiger partial charge is 0.379 e. The number of nitrogens with zero attached hydrogens (tertiary/aromatic N) is 4. The van der Waals surface area contributed by atoms with Crippen LogP contribution in [-0.2, 0) is 25.5 Å². The zero-order valence-corrected chi connectivity index (χ0v) is 22.5. The van der Waals surface area contributed by atoms with Crippen molar-refractivity contribution in [3.05, 3.63) is 73.6 Å². The molecule has 1 heterocycles. The van der Waals surface area contributed by atoms with Gasteiger partial charge in [0.2, 0.25) is 5.91 Å². The van der Waals surface area contributed by atoms with Crippen molar-refractivity contribution in [2.24, 2.45) is 5.11 Å². The molecule has 0 saturated heterocycles. The summed E-state index contributed by atoms with van der Waals surface area (Å²) in [5.74, 6) is 0.0591. The molecule has 0 aromatic heterocycles. The molecule has 2 aromatic carbocycles. The molecular weight excluding hydrogens is 517 g/mol. The van der Waals surface area contributed by atoms with E-state index >= 15 is 0 Å². The molecule has 1 aliphatic rings. The highest BCUT2D eigenvalue weighted by Crippen LogP contribution is 2.38. The van der Waals surface area contributed by atoms with Crippen molar-refractivity contribution < 1.29 is 19.0 Å². The van der Waals surface area contributed by atoms with Crippen molar-refractivity contribution in [3.8, 4) is 0 Å². The van der Waals surface area contributed by atoms with Crippen LogP contribution in [0.1, 0.15) is 35.4 Å². The number of nitrogens with one attached hydrogen (secondary N) is 1. The molecule has 1 amide bonds. The van der Waals surface area contributed by atoms with Crippen LogP contribution in [0.3, 0.4) is 0 Å². The Kier molecular flexibility index (Phi) is 12.5. The van der Waals surface area contributed by atoms with E-state index in [-0.39, 0.29) is 11.8 Å². The number of halogens is 2. The summed E-state index contributed by atoms with van der Waals surface area (Å²) >= 11 is 12.8. The van der Waals surface area contributed by atoms with Gasteiger partial charge in [0.25, 0.3) is 0 Å². The first kappa shape index (κ1) is 29.2. The molecule has 9 nitrogen and oxygen atoms in total.